The van der Waals surface area contributed by atoms with Crippen LogP contribution in [0.25, 0.3) is 22.6 Å². The van der Waals surface area contributed by atoms with Gasteiger partial charge in [-0.2, -0.15) is 10.4 Å². The Balaban J connectivity index is 1.25. The number of rotatable bonds is 3. The Morgan fingerprint density at radius 2 is 1.98 bits per heavy atom. The summed E-state index contributed by atoms with van der Waals surface area (Å²) in [4.78, 5) is 16.5. The molecule has 48 heavy (non-hydrogen) atoms. The topological polar surface area (TPSA) is 155 Å². The maximum atomic E-state index is 11.3. The highest BCUT2D eigenvalue weighted by Gasteiger charge is 2.49. The van der Waals surface area contributed by atoms with Crippen LogP contribution in [0.2, 0.25) is 0 Å². The predicted molar refractivity (Wildman–Crippen MR) is 182 cm³/mol. The highest BCUT2D eigenvalue weighted by molar-refractivity contribution is 7.16. The van der Waals surface area contributed by atoms with E-state index in [0.717, 1.165) is 104 Å². The van der Waals surface area contributed by atoms with Crippen LogP contribution in [0.15, 0.2) is 4.52 Å². The smallest absolute Gasteiger partial charge is 0.186 e. The molecule has 9 rings (SSSR count). The molecule has 13 heteroatoms. The van der Waals surface area contributed by atoms with Gasteiger partial charge in [-0.25, -0.2) is 14.6 Å². The largest absolute Gasteiger partial charge is 0.389 e. The number of anilines is 2. The maximum absolute atomic E-state index is 11.3. The third-order valence-corrected chi connectivity index (χ3v) is 13.1. The molecular weight excluding hydrogens is 627 g/mol. The molecular formula is C35H43N9O3S. The number of likely N-dealkylation sites (N-methyl/N-ethyl adjacent to an activating group) is 1. The average molecular weight is 670 g/mol. The molecule has 0 saturated carbocycles. The van der Waals surface area contributed by atoms with Crippen LogP contribution in [0.5, 0.6) is 0 Å². The van der Waals surface area contributed by atoms with Crippen LogP contribution in [0.1, 0.15) is 104 Å². The third kappa shape index (κ3) is 4.42. The fourth-order valence-corrected chi connectivity index (χ4v) is 10.8. The summed E-state index contributed by atoms with van der Waals surface area (Å²) in [6.07, 6.45) is 9.23. The number of nitrogens with zero attached hydrogens (tertiary/aromatic N) is 8. The standard InChI is InChI=1S/C35H43N9O3S/c1-19(24-8-6-14-42(24)3)44-33-26-23(40-44)17-46-16-20-10-13-34(2,45)18-43(20)32(26)38-31(39-33)28-21-7-4-11-35(29(21)47-41-28)12-5-9-25-27(35)22(15-36)30(37)48-25/h19-20,24,45H,4-14,16-18,37H2,1-3H3/t19-,20+,24-,34+,35-/m0/s1. The minimum atomic E-state index is -0.859. The second kappa shape index (κ2) is 11.0. The molecule has 2 fully saturated rings. The molecule has 4 aromatic rings. The van der Waals surface area contributed by atoms with E-state index in [2.05, 4.69) is 34.5 Å². The van der Waals surface area contributed by atoms with Gasteiger partial charge in [0.1, 0.15) is 22.6 Å². The zero-order valence-electron chi connectivity index (χ0n) is 28.0. The summed E-state index contributed by atoms with van der Waals surface area (Å²) >= 11 is 1.55. The average Bonchev–Trinajstić information content (AvgIpc) is 3.85. The first kappa shape index (κ1) is 30.5. The number of likely N-dealkylation sites (tertiary alicyclic amines) is 1. The van der Waals surface area contributed by atoms with Crippen molar-refractivity contribution >= 4 is 33.2 Å². The Kier molecular flexibility index (Phi) is 6.97. The SMILES string of the molecule is C[C@@H]([C@@H]1CCCN1C)n1nc2c3c(nc(-c4noc5c4CCC[C@@]54CCCc5sc(N)c(C#N)c54)nc31)N1C[C@](C)(O)CC[C@@H]1COC2. The summed E-state index contributed by atoms with van der Waals surface area (Å²) in [5.74, 6) is 2.15. The predicted octanol–water partition coefficient (Wildman–Crippen LogP) is 4.86. The summed E-state index contributed by atoms with van der Waals surface area (Å²) in [5.41, 5.74) is 10.1. The molecule has 0 radical (unpaired) electrons. The van der Waals surface area contributed by atoms with Crippen LogP contribution in [0.3, 0.4) is 0 Å². The van der Waals surface area contributed by atoms with Crippen molar-refractivity contribution in [3.8, 4) is 17.6 Å². The molecule has 252 valence electrons. The number of ether oxygens (including phenoxy) is 1. The van der Waals surface area contributed by atoms with Crippen molar-refractivity contribution in [3.05, 3.63) is 33.0 Å². The van der Waals surface area contributed by atoms with Gasteiger partial charge in [-0.3, -0.25) is 0 Å². The van der Waals surface area contributed by atoms with Crippen molar-refractivity contribution in [2.45, 2.75) is 114 Å². The van der Waals surface area contributed by atoms with Crippen LogP contribution in [0, 0.1) is 11.3 Å². The molecule has 3 aliphatic heterocycles. The molecule has 3 N–H and O–H groups in total. The van der Waals surface area contributed by atoms with Crippen molar-refractivity contribution in [2.24, 2.45) is 0 Å². The normalized spacial score (nSPS) is 29.3. The van der Waals surface area contributed by atoms with E-state index in [1.54, 1.807) is 11.3 Å². The molecule has 0 unspecified atom stereocenters. The second-order valence-electron chi connectivity index (χ2n) is 15.1. The number of aryl methyl sites for hydroxylation is 1. The lowest BCUT2D eigenvalue weighted by Crippen LogP contribution is -2.53. The molecule has 12 nitrogen and oxygen atoms in total. The van der Waals surface area contributed by atoms with Crippen molar-refractivity contribution in [1.29, 1.82) is 5.26 Å². The number of thiophene rings is 1. The Morgan fingerprint density at radius 1 is 1.15 bits per heavy atom. The zero-order valence-corrected chi connectivity index (χ0v) is 28.8. The molecule has 5 aliphatic rings. The molecule has 5 atom stereocenters. The lowest BCUT2D eigenvalue weighted by Gasteiger charge is -2.44. The summed E-state index contributed by atoms with van der Waals surface area (Å²) in [6, 6.07) is 2.92. The van der Waals surface area contributed by atoms with Gasteiger partial charge in [0.05, 0.1) is 47.3 Å². The molecule has 1 spiro atoms. The molecule has 7 heterocycles. The highest BCUT2D eigenvalue weighted by atomic mass is 32.1. The Hall–Kier alpha value is -3.57. The summed E-state index contributed by atoms with van der Waals surface area (Å²) in [5, 5.41) is 32.9. The quantitative estimate of drug-likeness (QED) is 0.307. The van der Waals surface area contributed by atoms with Crippen molar-refractivity contribution < 1.29 is 14.4 Å². The van der Waals surface area contributed by atoms with Gasteiger partial charge in [0.2, 0.25) is 0 Å². The molecule has 0 aromatic carbocycles. The monoisotopic (exact) mass is 669 g/mol. The van der Waals surface area contributed by atoms with Gasteiger partial charge in [-0.05, 0) is 97.2 Å². The molecule has 2 aliphatic carbocycles. The first-order chi connectivity index (χ1) is 23.2. The minimum absolute atomic E-state index is 0.0777. The highest BCUT2D eigenvalue weighted by Crippen LogP contribution is 2.55. The van der Waals surface area contributed by atoms with Crippen LogP contribution >= 0.6 is 11.3 Å². The Labute approximate surface area is 283 Å². The van der Waals surface area contributed by atoms with Crippen LogP contribution < -0.4 is 10.6 Å². The number of aromatic nitrogens is 5. The van der Waals surface area contributed by atoms with Gasteiger partial charge in [-0.15, -0.1) is 11.3 Å². The number of fused-ring (bicyclic) bond motifs is 6. The maximum Gasteiger partial charge on any atom is 0.186 e. The molecule has 4 aromatic heterocycles. The number of nitriles is 1. The minimum Gasteiger partial charge on any atom is -0.389 e. The number of hydrogen-bond donors (Lipinski definition) is 2. The Bertz CT molecular complexity index is 1970. The first-order valence-corrected chi connectivity index (χ1v) is 18.4. The fraction of sp³-hybridized carbons (Fsp3) is 0.629. The van der Waals surface area contributed by atoms with Crippen LogP contribution in [-0.4, -0.2) is 79.3 Å². The third-order valence-electron chi connectivity index (χ3n) is 12.0. The number of nitrogen functional groups attached to an aromatic ring is 1. The summed E-state index contributed by atoms with van der Waals surface area (Å²) in [6.45, 7) is 6.58. The van der Waals surface area contributed by atoms with Gasteiger partial charge in [-0.1, -0.05) is 5.16 Å². The van der Waals surface area contributed by atoms with E-state index >= 15 is 0 Å². The van der Waals surface area contributed by atoms with E-state index in [0.29, 0.717) is 54.3 Å². The molecule has 2 saturated heterocycles. The van der Waals surface area contributed by atoms with Crippen LogP contribution in [0.4, 0.5) is 10.8 Å². The number of hydrogen-bond acceptors (Lipinski definition) is 12. The van der Waals surface area contributed by atoms with E-state index in [4.69, 9.17) is 35.2 Å². The van der Waals surface area contributed by atoms with Crippen molar-refractivity contribution in [1.82, 2.24) is 29.8 Å². The zero-order chi connectivity index (χ0) is 32.9. The van der Waals surface area contributed by atoms with E-state index in [1.165, 1.54) is 4.88 Å². The van der Waals surface area contributed by atoms with Gasteiger partial charge in [0, 0.05) is 23.0 Å². The van der Waals surface area contributed by atoms with E-state index < -0.39 is 11.0 Å². The number of aliphatic hydroxyl groups is 1. The Morgan fingerprint density at radius 3 is 2.77 bits per heavy atom. The fourth-order valence-electron chi connectivity index (χ4n) is 9.63. The van der Waals surface area contributed by atoms with Gasteiger partial charge in [0.15, 0.2) is 22.9 Å². The van der Waals surface area contributed by atoms with Gasteiger partial charge < -0.3 is 29.9 Å². The first-order valence-electron chi connectivity index (χ1n) is 17.6. The van der Waals surface area contributed by atoms with E-state index in [-0.39, 0.29) is 12.1 Å². The van der Waals surface area contributed by atoms with E-state index in [1.807, 2.05) is 6.92 Å². The van der Waals surface area contributed by atoms with E-state index in [9.17, 15) is 10.4 Å². The number of nitrogens with two attached hydrogens (primary N) is 1. The number of piperidine rings is 1. The van der Waals surface area contributed by atoms with Crippen molar-refractivity contribution in [2.75, 3.05) is 37.4 Å². The second-order valence-corrected chi connectivity index (χ2v) is 16.2. The lowest BCUT2D eigenvalue weighted by molar-refractivity contribution is 0.0190. The summed E-state index contributed by atoms with van der Waals surface area (Å²) in [7, 11) is 2.19. The molecule has 0 amide bonds. The van der Waals surface area contributed by atoms with Gasteiger partial charge >= 0.3 is 0 Å². The van der Waals surface area contributed by atoms with Crippen molar-refractivity contribution in [3.63, 3.8) is 0 Å². The molecule has 0 bridgehead atoms. The summed E-state index contributed by atoms with van der Waals surface area (Å²) < 4.78 is 14.7. The lowest BCUT2D eigenvalue weighted by atomic mass is 9.63. The van der Waals surface area contributed by atoms with Crippen LogP contribution in [-0.2, 0) is 29.6 Å². The van der Waals surface area contributed by atoms with Gasteiger partial charge in [0.25, 0.3) is 0 Å².